The van der Waals surface area contributed by atoms with Gasteiger partial charge in [0.2, 0.25) is 0 Å². The Morgan fingerprint density at radius 2 is 1.67 bits per heavy atom. The van der Waals surface area contributed by atoms with Gasteiger partial charge in [-0.05, 0) is 35.9 Å². The van der Waals surface area contributed by atoms with E-state index >= 15 is 0 Å². The Morgan fingerprint density at radius 3 is 2.40 bits per heavy atom. The van der Waals surface area contributed by atoms with E-state index in [1.165, 1.54) is 6.07 Å². The van der Waals surface area contributed by atoms with E-state index in [0.717, 1.165) is 39.2 Å². The van der Waals surface area contributed by atoms with Gasteiger partial charge < -0.3 is 10.3 Å². The molecule has 1 amide bonds. The number of carbonyl (C=O) groups is 1. The molecule has 7 heteroatoms. The highest BCUT2D eigenvalue weighted by Crippen LogP contribution is 2.37. The van der Waals surface area contributed by atoms with Crippen LogP contribution in [0.25, 0.3) is 22.2 Å². The van der Waals surface area contributed by atoms with Gasteiger partial charge in [0, 0.05) is 33.1 Å². The monoisotopic (exact) mass is 442 g/mol. The zero-order valence-electron chi connectivity index (χ0n) is 15.7. The normalized spacial score (nSPS) is 11.0. The predicted molar refractivity (Wildman–Crippen MR) is 118 cm³/mol. The number of fused-ring (bicyclic) bond motifs is 1. The van der Waals surface area contributed by atoms with E-state index in [1.807, 2.05) is 48.5 Å². The average Bonchev–Trinajstić information content (AvgIpc) is 3.10. The third-order valence-electron chi connectivity index (χ3n) is 4.62. The molecule has 0 aliphatic heterocycles. The summed E-state index contributed by atoms with van der Waals surface area (Å²) in [6, 6.07) is 18.9. The summed E-state index contributed by atoms with van der Waals surface area (Å²) in [6.07, 6.45) is 0. The summed E-state index contributed by atoms with van der Waals surface area (Å²) >= 11 is 7.57. The first kappa shape index (κ1) is 20.4. The lowest BCUT2D eigenvalue weighted by Crippen LogP contribution is -2.27. The van der Waals surface area contributed by atoms with Crippen LogP contribution in [0.15, 0.2) is 71.6 Å². The van der Waals surface area contributed by atoms with Crippen LogP contribution >= 0.6 is 23.4 Å². The standard InChI is InChI=1S/C23H17ClF2N2OS/c24-15-10-8-14(9-11-15)21-22(16-4-1-2-7-19(16)28-21)30-13-12-27-23(29)20-17(25)5-3-6-18(20)26/h1-11,28H,12-13H2,(H,27,29). The lowest BCUT2D eigenvalue weighted by atomic mass is 10.1. The van der Waals surface area contributed by atoms with E-state index in [-0.39, 0.29) is 6.54 Å². The number of nitrogens with one attached hydrogen (secondary N) is 2. The molecular weight excluding hydrogens is 426 g/mol. The van der Waals surface area contributed by atoms with Gasteiger partial charge in [-0.15, -0.1) is 11.8 Å². The van der Waals surface area contributed by atoms with Crippen LogP contribution in [0.5, 0.6) is 0 Å². The molecule has 2 N–H and O–H groups in total. The maximum atomic E-state index is 13.8. The lowest BCUT2D eigenvalue weighted by molar-refractivity contribution is 0.0948. The number of hydrogen-bond acceptors (Lipinski definition) is 2. The molecule has 0 atom stereocenters. The third-order valence-corrected chi connectivity index (χ3v) is 5.99. The van der Waals surface area contributed by atoms with Crippen LogP contribution in [0.2, 0.25) is 5.02 Å². The molecule has 0 fully saturated rings. The zero-order valence-corrected chi connectivity index (χ0v) is 17.3. The number of hydrogen-bond donors (Lipinski definition) is 2. The van der Waals surface area contributed by atoms with Crippen LogP contribution < -0.4 is 5.32 Å². The number of H-pyrrole nitrogens is 1. The molecule has 1 heterocycles. The smallest absolute Gasteiger partial charge is 0.257 e. The van der Waals surface area contributed by atoms with Crippen LogP contribution in [0, 0.1) is 11.6 Å². The largest absolute Gasteiger partial charge is 0.354 e. The third kappa shape index (κ3) is 4.20. The van der Waals surface area contributed by atoms with Crippen LogP contribution in [0.1, 0.15) is 10.4 Å². The Kier molecular flexibility index (Phi) is 6.06. The van der Waals surface area contributed by atoms with E-state index in [4.69, 9.17) is 11.6 Å². The van der Waals surface area contributed by atoms with Crippen molar-refractivity contribution in [3.63, 3.8) is 0 Å². The molecule has 0 aliphatic rings. The Bertz CT molecular complexity index is 1190. The van der Waals surface area contributed by atoms with Crippen molar-refractivity contribution in [3.05, 3.63) is 89.0 Å². The Labute approximate surface area is 181 Å². The Hall–Kier alpha value is -2.83. The van der Waals surface area contributed by atoms with Gasteiger partial charge in [0.15, 0.2) is 0 Å². The minimum atomic E-state index is -0.873. The summed E-state index contributed by atoms with van der Waals surface area (Å²) in [7, 11) is 0. The SMILES string of the molecule is O=C(NCCSc1c(-c2ccc(Cl)cc2)[nH]c2ccccc12)c1c(F)cccc1F. The van der Waals surface area contributed by atoms with Crippen LogP contribution in [-0.4, -0.2) is 23.2 Å². The number of para-hydroxylation sites is 1. The first-order chi connectivity index (χ1) is 14.5. The van der Waals surface area contributed by atoms with Crippen molar-refractivity contribution in [2.75, 3.05) is 12.3 Å². The number of thioether (sulfide) groups is 1. The van der Waals surface area contributed by atoms with Crippen LogP contribution in [0.4, 0.5) is 8.78 Å². The van der Waals surface area contributed by atoms with E-state index in [0.29, 0.717) is 10.8 Å². The summed E-state index contributed by atoms with van der Waals surface area (Å²) in [5, 5.41) is 4.32. The van der Waals surface area contributed by atoms with Gasteiger partial charge in [0.05, 0.1) is 5.69 Å². The number of carbonyl (C=O) groups excluding carboxylic acids is 1. The molecule has 3 nitrogen and oxygen atoms in total. The fourth-order valence-electron chi connectivity index (χ4n) is 3.21. The Balaban J connectivity index is 1.51. The predicted octanol–water partition coefficient (Wildman–Crippen LogP) is 6.29. The number of benzene rings is 3. The van der Waals surface area contributed by atoms with Crippen molar-refractivity contribution in [2.24, 2.45) is 0 Å². The van der Waals surface area contributed by atoms with E-state index in [2.05, 4.69) is 10.3 Å². The molecule has 0 saturated heterocycles. The van der Waals surface area contributed by atoms with Crippen LogP contribution in [0.3, 0.4) is 0 Å². The van der Waals surface area contributed by atoms with Gasteiger partial charge >= 0.3 is 0 Å². The molecule has 0 radical (unpaired) electrons. The average molecular weight is 443 g/mol. The number of aromatic nitrogens is 1. The maximum Gasteiger partial charge on any atom is 0.257 e. The highest BCUT2D eigenvalue weighted by molar-refractivity contribution is 7.99. The minimum Gasteiger partial charge on any atom is -0.354 e. The Morgan fingerprint density at radius 1 is 0.967 bits per heavy atom. The molecule has 0 bridgehead atoms. The summed E-state index contributed by atoms with van der Waals surface area (Å²) in [5.41, 5.74) is 2.40. The summed E-state index contributed by atoms with van der Waals surface area (Å²) in [5.74, 6) is -1.98. The number of rotatable bonds is 6. The van der Waals surface area contributed by atoms with Crippen molar-refractivity contribution in [3.8, 4) is 11.3 Å². The van der Waals surface area contributed by atoms with Gasteiger partial charge in [-0.2, -0.15) is 0 Å². The van der Waals surface area contributed by atoms with Gasteiger partial charge in [-0.3, -0.25) is 4.79 Å². The molecule has 0 unspecified atom stereocenters. The molecule has 4 aromatic rings. The summed E-state index contributed by atoms with van der Waals surface area (Å²) in [4.78, 5) is 16.6. The molecule has 0 spiro atoms. The van der Waals surface area contributed by atoms with Crippen molar-refractivity contribution in [1.82, 2.24) is 10.3 Å². The molecule has 3 aromatic carbocycles. The van der Waals surface area contributed by atoms with E-state index < -0.39 is 23.1 Å². The lowest BCUT2D eigenvalue weighted by Gasteiger charge is -2.08. The number of amides is 1. The maximum absolute atomic E-state index is 13.8. The van der Waals surface area contributed by atoms with Crippen LogP contribution in [-0.2, 0) is 0 Å². The molecule has 0 aliphatic carbocycles. The minimum absolute atomic E-state index is 0.261. The molecule has 152 valence electrons. The quantitative estimate of drug-likeness (QED) is 0.272. The highest BCUT2D eigenvalue weighted by Gasteiger charge is 2.17. The summed E-state index contributed by atoms with van der Waals surface area (Å²) in [6.45, 7) is 0.261. The highest BCUT2D eigenvalue weighted by atomic mass is 35.5. The number of aromatic amines is 1. The van der Waals surface area contributed by atoms with E-state index in [9.17, 15) is 13.6 Å². The first-order valence-corrected chi connectivity index (χ1v) is 10.6. The topological polar surface area (TPSA) is 44.9 Å². The van der Waals surface area contributed by atoms with E-state index in [1.54, 1.807) is 11.8 Å². The van der Waals surface area contributed by atoms with Gasteiger partial charge in [0.1, 0.15) is 17.2 Å². The second-order valence-electron chi connectivity index (χ2n) is 6.58. The van der Waals surface area contributed by atoms with Gasteiger partial charge in [-0.1, -0.05) is 48.0 Å². The second-order valence-corrected chi connectivity index (χ2v) is 8.12. The zero-order chi connectivity index (χ0) is 21.1. The fraction of sp³-hybridized carbons (Fsp3) is 0.0870. The molecule has 0 saturated carbocycles. The summed E-state index contributed by atoms with van der Waals surface area (Å²) < 4.78 is 27.5. The van der Waals surface area contributed by atoms with Crippen molar-refractivity contribution >= 4 is 40.2 Å². The molecule has 1 aromatic heterocycles. The van der Waals surface area contributed by atoms with Crippen molar-refractivity contribution in [2.45, 2.75) is 4.90 Å². The number of halogens is 3. The van der Waals surface area contributed by atoms with Gasteiger partial charge in [0.25, 0.3) is 5.91 Å². The fourth-order valence-corrected chi connectivity index (χ4v) is 4.39. The molecule has 30 heavy (non-hydrogen) atoms. The molecule has 4 rings (SSSR count). The van der Waals surface area contributed by atoms with Crippen molar-refractivity contribution in [1.29, 1.82) is 0 Å². The molecular formula is C23H17ClF2N2OS. The first-order valence-electron chi connectivity index (χ1n) is 9.26. The van der Waals surface area contributed by atoms with Crippen molar-refractivity contribution < 1.29 is 13.6 Å². The second kappa shape index (κ2) is 8.90. The van der Waals surface area contributed by atoms with Gasteiger partial charge in [-0.25, -0.2) is 8.78 Å².